The highest BCUT2D eigenvalue weighted by molar-refractivity contribution is 7.89. The van der Waals surface area contributed by atoms with Gasteiger partial charge in [-0.05, 0) is 68.3 Å². The minimum atomic E-state index is -3.44. The van der Waals surface area contributed by atoms with Crippen molar-refractivity contribution in [2.45, 2.75) is 43.0 Å². The number of sulfonamides is 1. The molecule has 1 aromatic carbocycles. The zero-order chi connectivity index (χ0) is 21.7. The maximum Gasteiger partial charge on any atom is 0.246 e. The Hall–Kier alpha value is -1.74. The number of carbonyl (C=O) groups excluding carboxylic acids is 1. The minimum absolute atomic E-state index is 0.0266. The zero-order valence-electron chi connectivity index (χ0n) is 18.0. The van der Waals surface area contributed by atoms with Crippen molar-refractivity contribution < 1.29 is 17.9 Å². The largest absolute Gasteiger partial charge is 0.379 e. The normalized spacial score (nSPS) is 21.6. The summed E-state index contributed by atoms with van der Waals surface area (Å²) >= 11 is 0. The molecule has 0 radical (unpaired) electrons. The summed E-state index contributed by atoms with van der Waals surface area (Å²) in [6, 6.07) is 6.75. The molecule has 1 amide bonds. The van der Waals surface area contributed by atoms with Crippen LogP contribution in [0.3, 0.4) is 0 Å². The lowest BCUT2D eigenvalue weighted by Crippen LogP contribution is -2.40. The van der Waals surface area contributed by atoms with Gasteiger partial charge in [0.1, 0.15) is 0 Å². The number of morpholine rings is 1. The Kier molecular flexibility index (Phi) is 7.43. The minimum Gasteiger partial charge on any atom is -0.379 e. The van der Waals surface area contributed by atoms with Crippen LogP contribution in [0.4, 0.5) is 0 Å². The van der Waals surface area contributed by atoms with Gasteiger partial charge in [0.15, 0.2) is 0 Å². The first-order valence-corrected chi connectivity index (χ1v) is 12.9. The van der Waals surface area contributed by atoms with E-state index >= 15 is 0 Å². The average Bonchev–Trinajstić information content (AvgIpc) is 3.61. The van der Waals surface area contributed by atoms with E-state index in [9.17, 15) is 13.2 Å². The van der Waals surface area contributed by atoms with Crippen LogP contribution in [0.25, 0.3) is 6.08 Å². The first-order chi connectivity index (χ1) is 15.0. The predicted molar refractivity (Wildman–Crippen MR) is 120 cm³/mol. The number of amides is 1. The maximum atomic E-state index is 12.5. The van der Waals surface area contributed by atoms with E-state index < -0.39 is 10.0 Å². The molecule has 1 aromatic rings. The highest BCUT2D eigenvalue weighted by Crippen LogP contribution is 2.23. The van der Waals surface area contributed by atoms with E-state index in [0.29, 0.717) is 5.92 Å². The summed E-state index contributed by atoms with van der Waals surface area (Å²) in [6.07, 6.45) is 8.50. The summed E-state index contributed by atoms with van der Waals surface area (Å²) < 4.78 is 32.5. The Morgan fingerprint density at radius 2 is 1.71 bits per heavy atom. The molecule has 1 aliphatic carbocycles. The van der Waals surface area contributed by atoms with Crippen molar-refractivity contribution >= 4 is 22.0 Å². The van der Waals surface area contributed by atoms with E-state index in [1.165, 1.54) is 6.42 Å². The molecular formula is C23H33N3O4S. The molecule has 3 aliphatic rings. The van der Waals surface area contributed by atoms with Gasteiger partial charge in [0.25, 0.3) is 0 Å². The topological polar surface area (TPSA) is 79.0 Å². The first-order valence-electron chi connectivity index (χ1n) is 11.4. The van der Waals surface area contributed by atoms with Gasteiger partial charge in [0.05, 0.1) is 18.1 Å². The van der Waals surface area contributed by atoms with E-state index in [1.54, 1.807) is 36.4 Å². The number of benzene rings is 1. The molecule has 2 saturated heterocycles. The van der Waals surface area contributed by atoms with Gasteiger partial charge in [0, 0.05) is 38.3 Å². The van der Waals surface area contributed by atoms with Gasteiger partial charge in [-0.15, -0.1) is 0 Å². The van der Waals surface area contributed by atoms with Crippen molar-refractivity contribution in [2.24, 2.45) is 5.92 Å². The number of rotatable bonds is 8. The van der Waals surface area contributed by atoms with Gasteiger partial charge in [0.2, 0.25) is 15.9 Å². The zero-order valence-corrected chi connectivity index (χ0v) is 18.9. The Morgan fingerprint density at radius 3 is 2.35 bits per heavy atom. The molecule has 2 aliphatic heterocycles. The lowest BCUT2D eigenvalue weighted by Gasteiger charge is -2.33. The van der Waals surface area contributed by atoms with Crippen molar-refractivity contribution in [3.8, 4) is 0 Å². The number of hydrogen-bond donors (Lipinski definition) is 1. The fourth-order valence-electron chi connectivity index (χ4n) is 4.15. The molecule has 0 atom stereocenters. The van der Waals surface area contributed by atoms with Gasteiger partial charge < -0.3 is 9.64 Å². The van der Waals surface area contributed by atoms with Crippen LogP contribution in [0.2, 0.25) is 0 Å². The van der Waals surface area contributed by atoms with E-state index in [2.05, 4.69) is 9.62 Å². The summed E-state index contributed by atoms with van der Waals surface area (Å²) in [4.78, 5) is 17.2. The van der Waals surface area contributed by atoms with E-state index in [-0.39, 0.29) is 16.8 Å². The molecule has 2 heterocycles. The smallest absolute Gasteiger partial charge is 0.246 e. The van der Waals surface area contributed by atoms with Crippen LogP contribution < -0.4 is 4.72 Å². The van der Waals surface area contributed by atoms with Gasteiger partial charge in [-0.3, -0.25) is 9.69 Å². The second-order valence-corrected chi connectivity index (χ2v) is 10.5. The first kappa shape index (κ1) is 22.5. The van der Waals surface area contributed by atoms with Gasteiger partial charge in [-0.1, -0.05) is 12.1 Å². The quantitative estimate of drug-likeness (QED) is 0.618. The molecule has 7 nitrogen and oxygen atoms in total. The third-order valence-electron chi connectivity index (χ3n) is 6.39. The van der Waals surface area contributed by atoms with Crippen LogP contribution in [-0.2, 0) is 19.6 Å². The summed E-state index contributed by atoms with van der Waals surface area (Å²) in [5.74, 6) is 0.716. The molecule has 0 spiro atoms. The van der Waals surface area contributed by atoms with Crippen LogP contribution in [0.1, 0.15) is 37.7 Å². The summed E-state index contributed by atoms with van der Waals surface area (Å²) in [6.45, 7) is 6.49. The molecule has 1 saturated carbocycles. The molecule has 3 fully saturated rings. The number of likely N-dealkylation sites (tertiary alicyclic amines) is 1. The average molecular weight is 448 g/mol. The fraction of sp³-hybridized carbons (Fsp3) is 0.609. The molecule has 4 rings (SSSR count). The molecule has 31 heavy (non-hydrogen) atoms. The number of nitrogens with one attached hydrogen (secondary N) is 1. The monoisotopic (exact) mass is 447 g/mol. The second-order valence-electron chi connectivity index (χ2n) is 8.81. The third-order valence-corrected chi connectivity index (χ3v) is 7.93. The lowest BCUT2D eigenvalue weighted by molar-refractivity contribution is -0.127. The number of nitrogens with zero attached hydrogens (tertiary/aromatic N) is 2. The van der Waals surface area contributed by atoms with E-state index in [1.807, 2.05) is 4.90 Å². The van der Waals surface area contributed by atoms with E-state index in [4.69, 9.17) is 4.74 Å². The fourth-order valence-corrected chi connectivity index (χ4v) is 5.46. The summed E-state index contributed by atoms with van der Waals surface area (Å²) in [5, 5.41) is 0. The SMILES string of the molecule is O=C(/C=C/c1ccc(S(=O)(=O)NC2CC2)cc1)N1CCC(CCN2CCOCC2)CC1. The standard InChI is InChI=1S/C23H33N3O4S/c27-23(26-13-10-20(11-14-26)9-12-25-15-17-30-18-16-25)8-3-19-1-6-22(7-2-19)31(28,29)24-21-4-5-21/h1-3,6-8,20-21,24H,4-5,9-18H2/b8-3+. The van der Waals surface area contributed by atoms with Crippen LogP contribution in [0.5, 0.6) is 0 Å². The second kappa shape index (κ2) is 10.3. The number of carbonyl (C=O) groups is 1. The van der Waals surface area contributed by atoms with Crippen LogP contribution in [0.15, 0.2) is 35.2 Å². The molecule has 170 valence electrons. The van der Waals surface area contributed by atoms with E-state index in [0.717, 1.165) is 77.2 Å². The Bertz CT molecular complexity index is 867. The number of piperidine rings is 1. The predicted octanol–water partition coefficient (Wildman–Crippen LogP) is 2.10. The Morgan fingerprint density at radius 1 is 1.03 bits per heavy atom. The lowest BCUT2D eigenvalue weighted by atomic mass is 9.93. The van der Waals surface area contributed by atoms with Crippen LogP contribution >= 0.6 is 0 Å². The number of hydrogen-bond acceptors (Lipinski definition) is 5. The molecule has 0 aromatic heterocycles. The maximum absolute atomic E-state index is 12.5. The molecule has 0 unspecified atom stereocenters. The molecule has 1 N–H and O–H groups in total. The van der Waals surface area contributed by atoms with Crippen molar-refractivity contribution in [1.82, 2.24) is 14.5 Å². The van der Waals surface area contributed by atoms with Gasteiger partial charge in [-0.2, -0.15) is 0 Å². The van der Waals surface area contributed by atoms with Gasteiger partial charge in [-0.25, -0.2) is 13.1 Å². The van der Waals surface area contributed by atoms with Crippen molar-refractivity contribution in [3.05, 3.63) is 35.9 Å². The molecule has 0 bridgehead atoms. The highest BCUT2D eigenvalue weighted by Gasteiger charge is 2.28. The van der Waals surface area contributed by atoms with Crippen molar-refractivity contribution in [2.75, 3.05) is 45.9 Å². The molecular weight excluding hydrogens is 414 g/mol. The van der Waals surface area contributed by atoms with Crippen molar-refractivity contribution in [1.29, 1.82) is 0 Å². The van der Waals surface area contributed by atoms with Crippen LogP contribution in [0, 0.1) is 5.92 Å². The molecule has 8 heteroatoms. The summed E-state index contributed by atoms with van der Waals surface area (Å²) in [7, 11) is -3.44. The Balaban J connectivity index is 1.21. The number of ether oxygens (including phenoxy) is 1. The third kappa shape index (κ3) is 6.62. The van der Waals surface area contributed by atoms with Crippen molar-refractivity contribution in [3.63, 3.8) is 0 Å². The van der Waals surface area contributed by atoms with Crippen LogP contribution in [-0.4, -0.2) is 76.1 Å². The summed E-state index contributed by atoms with van der Waals surface area (Å²) in [5.41, 5.74) is 0.819. The Labute approximate surface area is 185 Å². The highest BCUT2D eigenvalue weighted by atomic mass is 32.2. The van der Waals surface area contributed by atoms with Gasteiger partial charge >= 0.3 is 0 Å².